The summed E-state index contributed by atoms with van der Waals surface area (Å²) in [6, 6.07) is 0. The van der Waals surface area contributed by atoms with Crippen LogP contribution in [0.25, 0.3) is 0 Å². The van der Waals surface area contributed by atoms with Gasteiger partial charge in [0.15, 0.2) is 5.79 Å². The Labute approximate surface area is 150 Å². The smallest absolute Gasteiger partial charge is 0.302 e. The van der Waals surface area contributed by atoms with E-state index in [9.17, 15) is 9.59 Å². The van der Waals surface area contributed by atoms with Gasteiger partial charge in [-0.2, -0.15) is 0 Å². The summed E-state index contributed by atoms with van der Waals surface area (Å²) in [7, 11) is 0. The molecule has 2 rings (SSSR count). The molecule has 0 radical (unpaired) electrons. The van der Waals surface area contributed by atoms with Crippen molar-refractivity contribution in [3.8, 4) is 0 Å². The van der Waals surface area contributed by atoms with Crippen LogP contribution >= 0.6 is 0 Å². The largest absolute Gasteiger partial charge is 0.462 e. The molecule has 7 atom stereocenters. The summed E-state index contributed by atoms with van der Waals surface area (Å²) >= 11 is 0. The number of carbonyl (C=O) groups excluding carboxylic acids is 2. The van der Waals surface area contributed by atoms with E-state index in [4.69, 9.17) is 18.9 Å². The lowest BCUT2D eigenvalue weighted by atomic mass is 9.75. The van der Waals surface area contributed by atoms with Crippen LogP contribution in [0.1, 0.15) is 54.9 Å². The van der Waals surface area contributed by atoms with Gasteiger partial charge in [-0.1, -0.05) is 34.6 Å². The number of rotatable bonds is 3. The molecule has 0 aliphatic carbocycles. The third kappa shape index (κ3) is 4.17. The van der Waals surface area contributed by atoms with Crippen molar-refractivity contribution in [3.63, 3.8) is 0 Å². The first-order chi connectivity index (χ1) is 11.6. The molecule has 0 aromatic heterocycles. The standard InChI is InChI=1S/C19H32O6/c1-10(2)17-12(4)16(23-14(6)20)8-19(25-17)13(5)18(24-15(7)21)11(3)9-22-19/h10-13,16-18H,8-9H2,1-7H3/t11-,12-,13-,16+,17+,18+,19+/m0/s1. The topological polar surface area (TPSA) is 71.1 Å². The zero-order chi connectivity index (χ0) is 18.9. The molecule has 2 saturated heterocycles. The lowest BCUT2D eigenvalue weighted by Crippen LogP contribution is -2.63. The van der Waals surface area contributed by atoms with E-state index in [2.05, 4.69) is 13.8 Å². The van der Waals surface area contributed by atoms with Gasteiger partial charge in [-0.25, -0.2) is 0 Å². The highest BCUT2D eigenvalue weighted by atomic mass is 16.7. The molecule has 2 fully saturated rings. The molecule has 0 bridgehead atoms. The van der Waals surface area contributed by atoms with Crippen LogP contribution in [0.15, 0.2) is 0 Å². The zero-order valence-electron chi connectivity index (χ0n) is 16.4. The Hall–Kier alpha value is -1.14. The van der Waals surface area contributed by atoms with Crippen molar-refractivity contribution in [1.82, 2.24) is 0 Å². The van der Waals surface area contributed by atoms with Gasteiger partial charge in [0.05, 0.1) is 12.7 Å². The Bertz CT molecular complexity index is 504. The summed E-state index contributed by atoms with van der Waals surface area (Å²) in [5.74, 6) is -1.28. The number of hydrogen-bond donors (Lipinski definition) is 0. The van der Waals surface area contributed by atoms with Crippen molar-refractivity contribution in [2.45, 2.75) is 79.0 Å². The highest BCUT2D eigenvalue weighted by Gasteiger charge is 2.56. The van der Waals surface area contributed by atoms with Gasteiger partial charge in [-0.15, -0.1) is 0 Å². The Morgan fingerprint density at radius 1 is 1.08 bits per heavy atom. The Morgan fingerprint density at radius 2 is 1.68 bits per heavy atom. The molecular formula is C19H32O6. The maximum atomic E-state index is 11.6. The van der Waals surface area contributed by atoms with E-state index in [1.165, 1.54) is 13.8 Å². The first kappa shape index (κ1) is 20.2. The van der Waals surface area contributed by atoms with Crippen molar-refractivity contribution in [2.75, 3.05) is 6.61 Å². The first-order valence-corrected chi connectivity index (χ1v) is 9.23. The van der Waals surface area contributed by atoms with Gasteiger partial charge in [-0.3, -0.25) is 9.59 Å². The van der Waals surface area contributed by atoms with Crippen LogP contribution in [0.5, 0.6) is 0 Å². The van der Waals surface area contributed by atoms with Crippen LogP contribution in [0.2, 0.25) is 0 Å². The van der Waals surface area contributed by atoms with Crippen LogP contribution in [0, 0.1) is 23.7 Å². The van der Waals surface area contributed by atoms with E-state index in [-0.39, 0.29) is 53.9 Å². The molecule has 1 spiro atoms. The average molecular weight is 356 g/mol. The molecular weight excluding hydrogens is 324 g/mol. The van der Waals surface area contributed by atoms with Crippen molar-refractivity contribution < 1.29 is 28.5 Å². The van der Waals surface area contributed by atoms with Crippen molar-refractivity contribution >= 4 is 11.9 Å². The summed E-state index contributed by atoms with van der Waals surface area (Å²) in [4.78, 5) is 23.1. The molecule has 0 saturated carbocycles. The van der Waals surface area contributed by atoms with E-state index >= 15 is 0 Å². The molecule has 2 heterocycles. The number of esters is 2. The summed E-state index contributed by atoms with van der Waals surface area (Å²) in [6.45, 7) is 13.5. The van der Waals surface area contributed by atoms with Gasteiger partial charge in [-0.05, 0) is 5.92 Å². The van der Waals surface area contributed by atoms with Crippen molar-refractivity contribution in [1.29, 1.82) is 0 Å². The monoisotopic (exact) mass is 356 g/mol. The summed E-state index contributed by atoms with van der Waals surface area (Å²) in [6.07, 6.45) is -0.229. The Kier molecular flexibility index (Phi) is 6.15. The average Bonchev–Trinajstić information content (AvgIpc) is 2.50. The van der Waals surface area contributed by atoms with E-state index in [0.29, 0.717) is 13.0 Å². The van der Waals surface area contributed by atoms with E-state index in [1.807, 2.05) is 20.8 Å². The minimum atomic E-state index is -0.909. The molecule has 0 aromatic carbocycles. The third-order valence-electron chi connectivity index (χ3n) is 5.54. The lowest BCUT2D eigenvalue weighted by molar-refractivity contribution is -0.367. The van der Waals surface area contributed by atoms with E-state index in [0.717, 1.165) is 0 Å². The number of ether oxygens (including phenoxy) is 4. The van der Waals surface area contributed by atoms with Crippen LogP contribution < -0.4 is 0 Å². The fourth-order valence-corrected chi connectivity index (χ4v) is 4.21. The molecule has 6 nitrogen and oxygen atoms in total. The summed E-state index contributed by atoms with van der Waals surface area (Å²) in [5, 5.41) is 0. The molecule has 25 heavy (non-hydrogen) atoms. The fraction of sp³-hybridized carbons (Fsp3) is 0.895. The summed E-state index contributed by atoms with van der Waals surface area (Å²) < 4.78 is 23.8. The van der Waals surface area contributed by atoms with Gasteiger partial charge in [0.2, 0.25) is 0 Å². The van der Waals surface area contributed by atoms with Crippen LogP contribution in [-0.2, 0) is 28.5 Å². The second-order valence-electron chi connectivity index (χ2n) is 8.00. The van der Waals surface area contributed by atoms with Crippen LogP contribution in [-0.4, -0.2) is 42.6 Å². The SMILES string of the molecule is CC(=O)O[C@@H]1[C@@H](C)CO[C@@]2(C[C@@H](OC(C)=O)[C@H](C)[C@@H](C(C)C)O2)[C@H]1C. The minimum Gasteiger partial charge on any atom is -0.462 e. The molecule has 6 heteroatoms. The van der Waals surface area contributed by atoms with Crippen LogP contribution in [0.3, 0.4) is 0 Å². The van der Waals surface area contributed by atoms with Gasteiger partial charge >= 0.3 is 11.9 Å². The summed E-state index contributed by atoms with van der Waals surface area (Å²) in [5.41, 5.74) is 0. The molecule has 0 N–H and O–H groups in total. The maximum Gasteiger partial charge on any atom is 0.302 e. The third-order valence-corrected chi connectivity index (χ3v) is 5.54. The zero-order valence-corrected chi connectivity index (χ0v) is 16.4. The van der Waals surface area contributed by atoms with E-state index in [1.54, 1.807) is 0 Å². The number of carbonyl (C=O) groups is 2. The molecule has 2 aliphatic rings. The van der Waals surface area contributed by atoms with Gasteiger partial charge in [0, 0.05) is 38.0 Å². The molecule has 144 valence electrons. The minimum absolute atomic E-state index is 0.0665. The highest BCUT2D eigenvalue weighted by molar-refractivity contribution is 5.66. The van der Waals surface area contributed by atoms with Crippen molar-refractivity contribution in [3.05, 3.63) is 0 Å². The molecule has 0 unspecified atom stereocenters. The maximum absolute atomic E-state index is 11.6. The quantitative estimate of drug-likeness (QED) is 0.724. The van der Waals surface area contributed by atoms with Crippen LogP contribution in [0.4, 0.5) is 0 Å². The first-order valence-electron chi connectivity index (χ1n) is 9.23. The molecule has 0 amide bonds. The fourth-order valence-electron chi connectivity index (χ4n) is 4.21. The Balaban J connectivity index is 2.32. The lowest BCUT2D eigenvalue weighted by Gasteiger charge is -2.54. The second-order valence-corrected chi connectivity index (χ2v) is 8.00. The Morgan fingerprint density at radius 3 is 2.20 bits per heavy atom. The van der Waals surface area contributed by atoms with E-state index < -0.39 is 5.79 Å². The second kappa shape index (κ2) is 7.62. The number of hydrogen-bond acceptors (Lipinski definition) is 6. The van der Waals surface area contributed by atoms with Crippen molar-refractivity contribution in [2.24, 2.45) is 23.7 Å². The molecule has 0 aromatic rings. The van der Waals surface area contributed by atoms with Gasteiger partial charge < -0.3 is 18.9 Å². The predicted molar refractivity (Wildman–Crippen MR) is 91.6 cm³/mol. The highest BCUT2D eigenvalue weighted by Crippen LogP contribution is 2.47. The predicted octanol–water partition coefficient (Wildman–Crippen LogP) is 2.93. The van der Waals surface area contributed by atoms with Gasteiger partial charge in [0.25, 0.3) is 0 Å². The van der Waals surface area contributed by atoms with Gasteiger partial charge in [0.1, 0.15) is 12.2 Å². The normalized spacial score (nSPS) is 41.6. The molecule has 2 aliphatic heterocycles.